The van der Waals surface area contributed by atoms with Gasteiger partial charge in [-0.25, -0.2) is 0 Å². The summed E-state index contributed by atoms with van der Waals surface area (Å²) in [5, 5.41) is 10.3. The first kappa shape index (κ1) is 15.5. The van der Waals surface area contributed by atoms with Gasteiger partial charge in [-0.3, -0.25) is 4.79 Å². The lowest BCUT2D eigenvalue weighted by Crippen LogP contribution is -2.35. The van der Waals surface area contributed by atoms with Gasteiger partial charge in [-0.1, -0.05) is 13.3 Å². The third-order valence-corrected chi connectivity index (χ3v) is 3.63. The van der Waals surface area contributed by atoms with Gasteiger partial charge in [0.1, 0.15) is 5.60 Å². The van der Waals surface area contributed by atoms with Crippen molar-refractivity contribution in [1.82, 2.24) is 0 Å². The predicted octanol–water partition coefficient (Wildman–Crippen LogP) is 3.44. The summed E-state index contributed by atoms with van der Waals surface area (Å²) in [4.78, 5) is 11.7. The number of rotatable bonds is 4. The van der Waals surface area contributed by atoms with Crippen molar-refractivity contribution in [3.63, 3.8) is 0 Å². The maximum atomic E-state index is 11.7. The Labute approximate surface area is 111 Å². The Kier molecular flexibility index (Phi) is 5.20. The average Bonchev–Trinajstić information content (AvgIpc) is 2.19. The Hall–Kier alpha value is -0.570. The van der Waals surface area contributed by atoms with Crippen LogP contribution in [0, 0.1) is 5.92 Å². The second-order valence-corrected chi connectivity index (χ2v) is 6.71. The highest BCUT2D eigenvalue weighted by atomic mass is 16.6. The molecule has 0 atom stereocenters. The fourth-order valence-corrected chi connectivity index (χ4v) is 2.75. The molecule has 0 aliphatic heterocycles. The Morgan fingerprint density at radius 1 is 1.33 bits per heavy atom. The zero-order valence-corrected chi connectivity index (χ0v) is 12.3. The van der Waals surface area contributed by atoms with Gasteiger partial charge >= 0.3 is 5.97 Å². The van der Waals surface area contributed by atoms with E-state index in [0.29, 0.717) is 12.3 Å². The number of hydrogen-bond donors (Lipinski definition) is 1. The number of esters is 1. The highest BCUT2D eigenvalue weighted by Gasteiger charge is 2.33. The van der Waals surface area contributed by atoms with Crippen LogP contribution >= 0.6 is 0 Å². The summed E-state index contributed by atoms with van der Waals surface area (Å²) in [5.41, 5.74) is -0.867. The first-order chi connectivity index (χ1) is 8.24. The Morgan fingerprint density at radius 3 is 2.33 bits per heavy atom. The van der Waals surface area contributed by atoms with Gasteiger partial charge in [0.05, 0.1) is 5.60 Å². The van der Waals surface area contributed by atoms with E-state index >= 15 is 0 Å². The molecule has 0 aromatic rings. The van der Waals surface area contributed by atoms with Crippen LogP contribution in [0.2, 0.25) is 0 Å². The van der Waals surface area contributed by atoms with Gasteiger partial charge in [-0.2, -0.15) is 0 Å². The van der Waals surface area contributed by atoms with Crippen LogP contribution in [0.5, 0.6) is 0 Å². The largest absolute Gasteiger partial charge is 0.460 e. The normalized spacial score (nSPS) is 29.1. The van der Waals surface area contributed by atoms with Crippen LogP contribution in [-0.4, -0.2) is 22.3 Å². The Bertz CT molecular complexity index is 270. The van der Waals surface area contributed by atoms with E-state index in [-0.39, 0.29) is 5.97 Å². The van der Waals surface area contributed by atoms with E-state index < -0.39 is 11.2 Å². The molecule has 1 aliphatic rings. The number of carbonyl (C=O) groups is 1. The quantitative estimate of drug-likeness (QED) is 0.784. The van der Waals surface area contributed by atoms with Crippen molar-refractivity contribution in [3.05, 3.63) is 0 Å². The number of ether oxygens (including phenoxy) is 1. The summed E-state index contributed by atoms with van der Waals surface area (Å²) in [7, 11) is 0. The van der Waals surface area contributed by atoms with E-state index in [2.05, 4.69) is 6.92 Å². The summed E-state index contributed by atoms with van der Waals surface area (Å²) >= 11 is 0. The van der Waals surface area contributed by atoms with Crippen LogP contribution in [-0.2, 0) is 9.53 Å². The molecule has 3 nitrogen and oxygen atoms in total. The molecule has 0 radical (unpaired) electrons. The first-order valence-electron chi connectivity index (χ1n) is 7.18. The van der Waals surface area contributed by atoms with Gasteiger partial charge in [0.2, 0.25) is 0 Å². The van der Waals surface area contributed by atoms with E-state index in [4.69, 9.17) is 4.74 Å². The minimum atomic E-state index is -0.473. The lowest BCUT2D eigenvalue weighted by molar-refractivity contribution is -0.156. The third-order valence-electron chi connectivity index (χ3n) is 3.63. The smallest absolute Gasteiger partial charge is 0.306 e. The number of hydrogen-bond acceptors (Lipinski definition) is 3. The monoisotopic (exact) mass is 256 g/mol. The zero-order chi connectivity index (χ0) is 13.8. The molecule has 1 fully saturated rings. The van der Waals surface area contributed by atoms with Gasteiger partial charge in [-0.05, 0) is 58.8 Å². The molecule has 0 unspecified atom stereocenters. The molecule has 1 rings (SSSR count). The van der Waals surface area contributed by atoms with Crippen LogP contribution in [0.1, 0.15) is 72.6 Å². The standard InChI is InChI=1S/C15H28O3/c1-5-8-15(17)9-6-12(7-10-15)11-13(16)18-14(2,3)4/h12,17H,5-11H2,1-4H3. The molecule has 3 heteroatoms. The Balaban J connectivity index is 2.33. The average molecular weight is 256 g/mol. The summed E-state index contributed by atoms with van der Waals surface area (Å²) in [6.07, 6.45) is 5.94. The lowest BCUT2D eigenvalue weighted by Gasteiger charge is -2.36. The van der Waals surface area contributed by atoms with Crippen molar-refractivity contribution in [1.29, 1.82) is 0 Å². The number of carbonyl (C=O) groups excluding carboxylic acids is 1. The second-order valence-electron chi connectivity index (χ2n) is 6.71. The SMILES string of the molecule is CCCC1(O)CCC(CC(=O)OC(C)(C)C)CC1. The molecule has 0 aromatic heterocycles. The Morgan fingerprint density at radius 2 is 1.89 bits per heavy atom. The van der Waals surface area contributed by atoms with Crippen LogP contribution in [0.25, 0.3) is 0 Å². The molecular formula is C15H28O3. The predicted molar refractivity (Wildman–Crippen MR) is 72.3 cm³/mol. The summed E-state index contributed by atoms with van der Waals surface area (Å²) in [6.45, 7) is 7.79. The van der Waals surface area contributed by atoms with Crippen LogP contribution in [0.3, 0.4) is 0 Å². The molecule has 0 bridgehead atoms. The van der Waals surface area contributed by atoms with Crippen LogP contribution < -0.4 is 0 Å². The molecule has 1 aliphatic carbocycles. The molecule has 0 heterocycles. The fraction of sp³-hybridized carbons (Fsp3) is 0.933. The van der Waals surface area contributed by atoms with Gasteiger partial charge < -0.3 is 9.84 Å². The molecule has 106 valence electrons. The van der Waals surface area contributed by atoms with Crippen LogP contribution in [0.15, 0.2) is 0 Å². The highest BCUT2D eigenvalue weighted by Crippen LogP contribution is 2.36. The van der Waals surface area contributed by atoms with Crippen molar-refractivity contribution < 1.29 is 14.6 Å². The van der Waals surface area contributed by atoms with E-state index in [1.807, 2.05) is 20.8 Å². The van der Waals surface area contributed by atoms with Gasteiger partial charge in [0.15, 0.2) is 0 Å². The van der Waals surface area contributed by atoms with Crippen molar-refractivity contribution in [2.45, 2.75) is 83.8 Å². The third kappa shape index (κ3) is 5.38. The fourth-order valence-electron chi connectivity index (χ4n) is 2.75. The first-order valence-corrected chi connectivity index (χ1v) is 7.18. The molecule has 18 heavy (non-hydrogen) atoms. The molecule has 0 saturated heterocycles. The van der Waals surface area contributed by atoms with E-state index in [1.165, 1.54) is 0 Å². The number of aliphatic hydroxyl groups is 1. The topological polar surface area (TPSA) is 46.5 Å². The molecule has 1 saturated carbocycles. The molecule has 0 aromatic carbocycles. The van der Waals surface area contributed by atoms with Gasteiger partial charge in [0.25, 0.3) is 0 Å². The lowest BCUT2D eigenvalue weighted by atomic mass is 9.76. The van der Waals surface area contributed by atoms with Gasteiger partial charge in [0, 0.05) is 6.42 Å². The van der Waals surface area contributed by atoms with E-state index in [1.54, 1.807) is 0 Å². The maximum Gasteiger partial charge on any atom is 0.306 e. The van der Waals surface area contributed by atoms with Crippen molar-refractivity contribution in [2.75, 3.05) is 0 Å². The molecule has 1 N–H and O–H groups in total. The second kappa shape index (κ2) is 6.05. The summed E-state index contributed by atoms with van der Waals surface area (Å²) in [6, 6.07) is 0. The minimum Gasteiger partial charge on any atom is -0.460 e. The van der Waals surface area contributed by atoms with Crippen molar-refractivity contribution >= 4 is 5.97 Å². The molecule has 0 spiro atoms. The zero-order valence-electron chi connectivity index (χ0n) is 12.3. The van der Waals surface area contributed by atoms with Crippen molar-refractivity contribution in [3.8, 4) is 0 Å². The van der Waals surface area contributed by atoms with Gasteiger partial charge in [-0.15, -0.1) is 0 Å². The van der Waals surface area contributed by atoms with E-state index in [0.717, 1.165) is 38.5 Å². The minimum absolute atomic E-state index is 0.103. The summed E-state index contributed by atoms with van der Waals surface area (Å²) in [5.74, 6) is 0.283. The molecule has 0 amide bonds. The molecular weight excluding hydrogens is 228 g/mol. The highest BCUT2D eigenvalue weighted by molar-refractivity contribution is 5.70. The van der Waals surface area contributed by atoms with Crippen LogP contribution in [0.4, 0.5) is 0 Å². The summed E-state index contributed by atoms with van der Waals surface area (Å²) < 4.78 is 5.34. The van der Waals surface area contributed by atoms with Crippen molar-refractivity contribution in [2.24, 2.45) is 5.92 Å². The van der Waals surface area contributed by atoms with E-state index in [9.17, 15) is 9.90 Å². The maximum absolute atomic E-state index is 11.7.